The molecular formula is C26H21N3O6S2. The number of carbonyl (C=O) groups is 1. The second kappa shape index (κ2) is 9.75. The van der Waals surface area contributed by atoms with Crippen LogP contribution >= 0.6 is 22.7 Å². The van der Waals surface area contributed by atoms with Crippen molar-refractivity contribution in [2.45, 2.75) is 26.8 Å². The maximum atomic E-state index is 13.6. The smallest absolute Gasteiger partial charge is 0.338 e. The van der Waals surface area contributed by atoms with E-state index < -0.39 is 16.9 Å². The highest BCUT2D eigenvalue weighted by Gasteiger charge is 2.34. The number of benzene rings is 1. The van der Waals surface area contributed by atoms with Gasteiger partial charge in [0.25, 0.3) is 11.2 Å². The van der Waals surface area contributed by atoms with Gasteiger partial charge in [-0.25, -0.2) is 9.79 Å². The van der Waals surface area contributed by atoms with Crippen molar-refractivity contribution in [3.63, 3.8) is 0 Å². The molecule has 0 fully saturated rings. The molecule has 3 aromatic heterocycles. The van der Waals surface area contributed by atoms with Crippen molar-refractivity contribution < 1.29 is 18.9 Å². The highest BCUT2D eigenvalue weighted by Crippen LogP contribution is 2.34. The molecule has 0 aliphatic carbocycles. The van der Waals surface area contributed by atoms with Gasteiger partial charge in [-0.1, -0.05) is 23.5 Å². The summed E-state index contributed by atoms with van der Waals surface area (Å²) >= 11 is 2.62. The lowest BCUT2D eigenvalue weighted by atomic mass is 10.0. The predicted molar refractivity (Wildman–Crippen MR) is 140 cm³/mol. The minimum Gasteiger partial charge on any atom is -0.463 e. The van der Waals surface area contributed by atoms with Gasteiger partial charge in [-0.05, 0) is 56.0 Å². The molecule has 0 spiro atoms. The van der Waals surface area contributed by atoms with Crippen LogP contribution in [0.15, 0.2) is 73.3 Å². The van der Waals surface area contributed by atoms with Crippen molar-refractivity contribution in [3.05, 3.63) is 105 Å². The lowest BCUT2D eigenvalue weighted by Crippen LogP contribution is -2.39. The molecule has 0 saturated carbocycles. The Bertz CT molecular complexity index is 1740. The molecule has 188 valence electrons. The Morgan fingerprint density at radius 2 is 2.08 bits per heavy atom. The summed E-state index contributed by atoms with van der Waals surface area (Å²) in [5.41, 5.74) is 1.56. The molecule has 37 heavy (non-hydrogen) atoms. The van der Waals surface area contributed by atoms with Crippen LogP contribution in [-0.4, -0.2) is 22.1 Å². The van der Waals surface area contributed by atoms with Gasteiger partial charge in [-0.15, -0.1) is 11.3 Å². The summed E-state index contributed by atoms with van der Waals surface area (Å²) in [5, 5.41) is 13.4. The second-order valence-electron chi connectivity index (χ2n) is 8.30. The number of nitrogens with zero attached hydrogens (tertiary/aromatic N) is 3. The number of hydrogen-bond donors (Lipinski definition) is 0. The molecule has 1 aliphatic heterocycles. The van der Waals surface area contributed by atoms with E-state index in [0.29, 0.717) is 37.7 Å². The van der Waals surface area contributed by atoms with Crippen molar-refractivity contribution in [1.29, 1.82) is 0 Å². The fourth-order valence-electron chi connectivity index (χ4n) is 4.21. The van der Waals surface area contributed by atoms with Crippen molar-refractivity contribution in [3.8, 4) is 11.3 Å². The number of carbonyl (C=O) groups excluding carboxylic acids is 1. The summed E-state index contributed by atoms with van der Waals surface area (Å²) in [6.07, 6.45) is 1.59. The first-order valence-corrected chi connectivity index (χ1v) is 13.1. The van der Waals surface area contributed by atoms with Gasteiger partial charge in [-0.2, -0.15) is 0 Å². The maximum Gasteiger partial charge on any atom is 0.338 e. The Hall–Kier alpha value is -4.09. The van der Waals surface area contributed by atoms with Crippen molar-refractivity contribution in [2.24, 2.45) is 4.99 Å². The first-order chi connectivity index (χ1) is 17.8. The molecule has 11 heteroatoms. The molecule has 1 atom stereocenters. The lowest BCUT2D eigenvalue weighted by Gasteiger charge is -2.23. The van der Waals surface area contributed by atoms with Crippen molar-refractivity contribution in [2.75, 3.05) is 6.61 Å². The summed E-state index contributed by atoms with van der Waals surface area (Å²) < 4.78 is 13.0. The van der Waals surface area contributed by atoms with E-state index in [1.165, 1.54) is 33.3 Å². The predicted octanol–water partition coefficient (Wildman–Crippen LogP) is 4.34. The number of fused-ring (bicyclic) bond motifs is 1. The minimum atomic E-state index is -0.653. The third kappa shape index (κ3) is 4.47. The molecule has 4 heterocycles. The number of aryl methyl sites for hydroxylation is 1. The number of ether oxygens (including phenoxy) is 1. The SMILES string of the molecule is CCOC(=O)C1=C(C)N=c2s/c(=C/c3ccc(-c4ccc(C)cc4[N+](=O)[O-])o3)c(=O)n2C1c1cccs1. The zero-order chi connectivity index (χ0) is 26.3. The fourth-order valence-corrected chi connectivity index (χ4v) is 6.06. The number of aromatic nitrogens is 1. The number of esters is 1. The molecule has 1 aliphatic rings. The zero-order valence-corrected chi connectivity index (χ0v) is 21.7. The molecule has 9 nitrogen and oxygen atoms in total. The normalized spacial score (nSPS) is 15.4. The van der Waals surface area contributed by atoms with Gasteiger partial charge < -0.3 is 9.15 Å². The van der Waals surface area contributed by atoms with Gasteiger partial charge in [0.15, 0.2) is 4.80 Å². The maximum absolute atomic E-state index is 13.6. The van der Waals surface area contributed by atoms with Gasteiger partial charge >= 0.3 is 5.97 Å². The van der Waals surface area contributed by atoms with Crippen LogP contribution < -0.4 is 14.9 Å². The van der Waals surface area contributed by atoms with E-state index in [-0.39, 0.29) is 17.9 Å². The van der Waals surface area contributed by atoms with Crippen LogP contribution in [0.5, 0.6) is 0 Å². The summed E-state index contributed by atoms with van der Waals surface area (Å²) in [6, 6.07) is 11.3. The number of thiazole rings is 1. The summed E-state index contributed by atoms with van der Waals surface area (Å²) in [6.45, 7) is 5.45. The highest BCUT2D eigenvalue weighted by molar-refractivity contribution is 7.10. The van der Waals surface area contributed by atoms with E-state index in [9.17, 15) is 19.7 Å². The second-order valence-corrected chi connectivity index (χ2v) is 10.3. The quantitative estimate of drug-likeness (QED) is 0.206. The van der Waals surface area contributed by atoms with Crippen LogP contribution in [0.25, 0.3) is 17.4 Å². The standard InChI is InChI=1S/C26H21N3O6S2/c1-4-34-25(31)22-15(3)27-26-28(23(22)20-6-5-11-36-20)24(30)21(37-26)13-16-8-10-19(35-16)17-9-7-14(2)12-18(17)29(32)33/h5-13,23H,4H2,1-3H3/b21-13+. The Kier molecular flexibility index (Phi) is 6.48. The molecule has 0 bridgehead atoms. The van der Waals surface area contributed by atoms with Gasteiger partial charge in [0.2, 0.25) is 0 Å². The number of furan rings is 1. The minimum absolute atomic E-state index is 0.0572. The molecule has 0 radical (unpaired) electrons. The Balaban J connectivity index is 1.62. The van der Waals surface area contributed by atoms with Crippen LogP contribution in [0.2, 0.25) is 0 Å². The first kappa shape index (κ1) is 24.6. The number of allylic oxidation sites excluding steroid dienone is 1. The summed E-state index contributed by atoms with van der Waals surface area (Å²) in [4.78, 5) is 43.4. The Labute approximate surface area is 218 Å². The van der Waals surface area contributed by atoms with Crippen LogP contribution in [0.1, 0.15) is 36.1 Å². The molecule has 0 amide bonds. The van der Waals surface area contributed by atoms with E-state index in [0.717, 1.165) is 10.4 Å². The highest BCUT2D eigenvalue weighted by atomic mass is 32.1. The molecular weight excluding hydrogens is 514 g/mol. The largest absolute Gasteiger partial charge is 0.463 e. The molecule has 1 unspecified atom stereocenters. The summed E-state index contributed by atoms with van der Waals surface area (Å²) in [5.74, 6) is 0.179. The Morgan fingerprint density at radius 3 is 2.78 bits per heavy atom. The van der Waals surface area contributed by atoms with Crippen LogP contribution in [0.4, 0.5) is 5.69 Å². The molecule has 0 N–H and O–H groups in total. The topological polar surface area (TPSA) is 117 Å². The van der Waals surface area contributed by atoms with Crippen LogP contribution in [0, 0.1) is 17.0 Å². The number of thiophene rings is 1. The van der Waals surface area contributed by atoms with Crippen LogP contribution in [0.3, 0.4) is 0 Å². The third-order valence-electron chi connectivity index (χ3n) is 5.85. The zero-order valence-electron chi connectivity index (χ0n) is 20.1. The van der Waals surface area contributed by atoms with Crippen molar-refractivity contribution in [1.82, 2.24) is 4.57 Å². The number of hydrogen-bond acceptors (Lipinski definition) is 9. The van der Waals surface area contributed by atoms with Crippen molar-refractivity contribution >= 4 is 40.4 Å². The number of rotatable bonds is 6. The average Bonchev–Trinajstić information content (AvgIpc) is 3.60. The van der Waals surface area contributed by atoms with E-state index >= 15 is 0 Å². The van der Waals surface area contributed by atoms with E-state index in [2.05, 4.69) is 4.99 Å². The molecule has 0 saturated heterocycles. The molecule has 5 rings (SSSR count). The number of nitro groups is 1. The lowest BCUT2D eigenvalue weighted by molar-refractivity contribution is -0.384. The van der Waals surface area contributed by atoms with Crippen LogP contribution in [-0.2, 0) is 9.53 Å². The van der Waals surface area contributed by atoms with Gasteiger partial charge in [0.05, 0.1) is 32.9 Å². The fraction of sp³-hybridized carbons (Fsp3) is 0.192. The molecule has 4 aromatic rings. The van der Waals surface area contributed by atoms with Gasteiger partial charge in [0.1, 0.15) is 17.6 Å². The van der Waals surface area contributed by atoms with E-state index in [1.807, 2.05) is 17.5 Å². The molecule has 1 aromatic carbocycles. The van der Waals surface area contributed by atoms with E-state index in [1.54, 1.807) is 51.1 Å². The average molecular weight is 536 g/mol. The first-order valence-electron chi connectivity index (χ1n) is 11.4. The van der Waals surface area contributed by atoms with Gasteiger partial charge in [0, 0.05) is 17.0 Å². The summed E-state index contributed by atoms with van der Waals surface area (Å²) in [7, 11) is 0. The monoisotopic (exact) mass is 535 g/mol. The Morgan fingerprint density at radius 1 is 1.27 bits per heavy atom. The van der Waals surface area contributed by atoms with E-state index in [4.69, 9.17) is 9.15 Å². The number of nitro benzene ring substituents is 1. The third-order valence-corrected chi connectivity index (χ3v) is 7.75. The van der Waals surface area contributed by atoms with Gasteiger partial charge in [-0.3, -0.25) is 19.5 Å².